The van der Waals surface area contributed by atoms with Crippen LogP contribution in [-0.4, -0.2) is 61.2 Å². The van der Waals surface area contributed by atoms with Gasteiger partial charge in [0.2, 0.25) is 0 Å². The molecule has 4 aliphatic rings. The Bertz CT molecular complexity index is 894. The quantitative estimate of drug-likeness (QED) is 0.316. The van der Waals surface area contributed by atoms with E-state index in [9.17, 15) is 31.6 Å². The molecule has 2 unspecified atom stereocenters. The van der Waals surface area contributed by atoms with Crippen LogP contribution in [0.1, 0.15) is 52.9 Å². The van der Waals surface area contributed by atoms with E-state index in [4.69, 9.17) is 18.8 Å². The van der Waals surface area contributed by atoms with Gasteiger partial charge in [0.1, 0.15) is 18.3 Å². The van der Waals surface area contributed by atoms with Crippen molar-refractivity contribution >= 4 is 28.2 Å². The summed E-state index contributed by atoms with van der Waals surface area (Å²) in [4.78, 5) is 35.3. The van der Waals surface area contributed by atoms with E-state index in [0.29, 0.717) is 18.8 Å². The highest BCUT2D eigenvalue weighted by Gasteiger charge is 2.57. The molecule has 0 aromatic rings. The summed E-state index contributed by atoms with van der Waals surface area (Å²) in [6, 6.07) is 0. The zero-order valence-electron chi connectivity index (χ0n) is 18.5. The lowest BCUT2D eigenvalue weighted by molar-refractivity contribution is -0.193. The minimum Gasteiger partial charge on any atom is -0.459 e. The first-order valence-electron chi connectivity index (χ1n) is 10.6. The highest BCUT2D eigenvalue weighted by molar-refractivity contribution is 7.87. The first-order chi connectivity index (χ1) is 15.0. The fourth-order valence-electron chi connectivity index (χ4n) is 5.51. The Balaban J connectivity index is 1.54. The molecule has 0 heterocycles. The SMILES string of the molecule is CC(C)(C)OC(=O)OCC12CC3CC(C1)C(OC(=O)COC(=O)C(F)(F)S(=O)(=O)O)C(C3)C2. The van der Waals surface area contributed by atoms with E-state index in [1.54, 1.807) is 20.8 Å². The third-order valence-electron chi connectivity index (χ3n) is 6.35. The molecule has 0 aromatic heterocycles. The molecule has 10 nitrogen and oxygen atoms in total. The summed E-state index contributed by atoms with van der Waals surface area (Å²) in [5, 5.41) is -5.18. The predicted molar refractivity (Wildman–Crippen MR) is 106 cm³/mol. The highest BCUT2D eigenvalue weighted by Crippen LogP contribution is 2.60. The predicted octanol–water partition coefficient (Wildman–Crippen LogP) is 2.70. The molecule has 188 valence electrons. The molecule has 4 bridgehead atoms. The van der Waals surface area contributed by atoms with Crippen molar-refractivity contribution in [1.82, 2.24) is 0 Å². The van der Waals surface area contributed by atoms with Gasteiger partial charge in [0.05, 0.1) is 0 Å². The van der Waals surface area contributed by atoms with Gasteiger partial charge in [-0.15, -0.1) is 0 Å². The molecule has 33 heavy (non-hydrogen) atoms. The van der Waals surface area contributed by atoms with Crippen molar-refractivity contribution in [2.75, 3.05) is 13.2 Å². The van der Waals surface area contributed by atoms with Gasteiger partial charge in [-0.3, -0.25) is 4.55 Å². The molecule has 4 saturated carbocycles. The smallest absolute Gasteiger partial charge is 0.459 e. The van der Waals surface area contributed by atoms with Crippen molar-refractivity contribution in [2.24, 2.45) is 23.2 Å². The van der Waals surface area contributed by atoms with E-state index in [2.05, 4.69) is 4.74 Å². The maximum atomic E-state index is 13.2. The van der Waals surface area contributed by atoms with Crippen molar-refractivity contribution in [3.63, 3.8) is 0 Å². The summed E-state index contributed by atoms with van der Waals surface area (Å²) in [7, 11) is -6.02. The van der Waals surface area contributed by atoms with E-state index in [1.807, 2.05) is 0 Å². The number of esters is 2. The lowest BCUT2D eigenvalue weighted by Crippen LogP contribution is -2.56. The summed E-state index contributed by atoms with van der Waals surface area (Å²) in [5.74, 6) is -3.34. The monoisotopic (exact) mass is 498 g/mol. The number of alkyl halides is 2. The van der Waals surface area contributed by atoms with Crippen LogP contribution in [0.25, 0.3) is 0 Å². The van der Waals surface area contributed by atoms with Gasteiger partial charge in [0, 0.05) is 5.41 Å². The van der Waals surface area contributed by atoms with E-state index in [1.165, 1.54) is 0 Å². The number of hydrogen-bond acceptors (Lipinski definition) is 9. The molecule has 4 rings (SSSR count). The fraction of sp³-hybridized carbons (Fsp3) is 0.850. The topological polar surface area (TPSA) is 142 Å². The second-order valence-corrected chi connectivity index (χ2v) is 11.7. The molecule has 4 aliphatic carbocycles. The highest BCUT2D eigenvalue weighted by atomic mass is 32.2. The molecular weight excluding hydrogens is 470 g/mol. The second kappa shape index (κ2) is 8.64. The van der Waals surface area contributed by atoms with Crippen LogP contribution >= 0.6 is 0 Å². The molecule has 0 spiro atoms. The molecule has 0 aliphatic heterocycles. The normalized spacial score (nSPS) is 31.1. The first-order valence-corrected chi connectivity index (χ1v) is 12.0. The van der Waals surface area contributed by atoms with Gasteiger partial charge < -0.3 is 18.9 Å². The molecular formula is C20H28F2O10S. The maximum absolute atomic E-state index is 13.2. The maximum Gasteiger partial charge on any atom is 0.508 e. The lowest BCUT2D eigenvalue weighted by Gasteiger charge is -2.58. The average molecular weight is 498 g/mol. The fourth-order valence-corrected chi connectivity index (χ4v) is 5.78. The minimum absolute atomic E-state index is 0.0302. The molecule has 0 aromatic carbocycles. The number of halogens is 2. The van der Waals surface area contributed by atoms with Gasteiger partial charge in [-0.25, -0.2) is 14.4 Å². The van der Waals surface area contributed by atoms with Crippen molar-refractivity contribution < 1.29 is 55.1 Å². The van der Waals surface area contributed by atoms with Crippen molar-refractivity contribution in [3.8, 4) is 0 Å². The number of ether oxygens (including phenoxy) is 4. The summed E-state index contributed by atoms with van der Waals surface area (Å²) in [6.07, 6.45) is 2.50. The number of rotatable bonds is 7. The van der Waals surface area contributed by atoms with Gasteiger partial charge in [-0.05, 0) is 70.6 Å². The van der Waals surface area contributed by atoms with Gasteiger partial charge in [0.15, 0.2) is 6.61 Å². The third-order valence-corrected chi connectivity index (χ3v) is 7.16. The van der Waals surface area contributed by atoms with Crippen LogP contribution in [0.4, 0.5) is 13.6 Å². The zero-order chi connectivity index (χ0) is 24.8. The van der Waals surface area contributed by atoms with E-state index >= 15 is 0 Å². The molecule has 13 heteroatoms. The average Bonchev–Trinajstić information content (AvgIpc) is 2.64. The second-order valence-electron chi connectivity index (χ2n) is 10.2. The van der Waals surface area contributed by atoms with Crippen LogP contribution in [0.5, 0.6) is 0 Å². The Morgan fingerprint density at radius 2 is 1.61 bits per heavy atom. The molecule has 4 fully saturated rings. The summed E-state index contributed by atoms with van der Waals surface area (Å²) >= 11 is 0. The number of hydrogen-bond donors (Lipinski definition) is 1. The van der Waals surface area contributed by atoms with Crippen LogP contribution in [0.15, 0.2) is 0 Å². The molecule has 1 N–H and O–H groups in total. The Morgan fingerprint density at radius 3 is 2.12 bits per heavy atom. The van der Waals surface area contributed by atoms with E-state index in [-0.39, 0.29) is 23.9 Å². The Kier molecular flexibility index (Phi) is 6.70. The van der Waals surface area contributed by atoms with E-state index in [0.717, 1.165) is 19.3 Å². The van der Waals surface area contributed by atoms with Crippen molar-refractivity contribution in [2.45, 2.75) is 69.8 Å². The number of carbonyl (C=O) groups excluding carboxylic acids is 3. The van der Waals surface area contributed by atoms with Crippen LogP contribution in [-0.2, 0) is 38.7 Å². The van der Waals surface area contributed by atoms with Crippen LogP contribution < -0.4 is 0 Å². The molecule has 0 saturated heterocycles. The van der Waals surface area contributed by atoms with Gasteiger partial charge in [-0.2, -0.15) is 17.2 Å². The summed E-state index contributed by atoms with van der Waals surface area (Å²) < 4.78 is 76.0. The minimum atomic E-state index is -6.02. The van der Waals surface area contributed by atoms with Crippen molar-refractivity contribution in [1.29, 1.82) is 0 Å². The van der Waals surface area contributed by atoms with Crippen molar-refractivity contribution in [3.05, 3.63) is 0 Å². The Morgan fingerprint density at radius 1 is 1.03 bits per heavy atom. The van der Waals surface area contributed by atoms with Crippen LogP contribution in [0.2, 0.25) is 0 Å². The Hall–Kier alpha value is -2.02. The molecule has 2 atom stereocenters. The lowest BCUT2D eigenvalue weighted by atomic mass is 9.49. The van der Waals surface area contributed by atoms with Gasteiger partial charge in [0.25, 0.3) is 0 Å². The third kappa shape index (κ3) is 5.73. The zero-order valence-corrected chi connectivity index (χ0v) is 19.4. The number of carbonyl (C=O) groups is 3. The Labute approximate surface area is 190 Å². The van der Waals surface area contributed by atoms with Crippen LogP contribution in [0, 0.1) is 23.2 Å². The first kappa shape index (κ1) is 25.6. The largest absolute Gasteiger partial charge is 0.508 e. The van der Waals surface area contributed by atoms with E-state index < -0.39 is 51.8 Å². The van der Waals surface area contributed by atoms with Crippen LogP contribution in [0.3, 0.4) is 0 Å². The summed E-state index contributed by atoms with van der Waals surface area (Å²) in [5.41, 5.74) is -0.924. The standard InChI is InChI=1S/C20H28F2O10S/c1-18(2,3)32-17(25)30-10-19-6-11-4-12(7-19)15(13(5-11)8-19)31-14(23)9-29-16(24)20(21,22)33(26,27)28/h11-13,15H,4-10H2,1-3H3,(H,26,27,28). The summed E-state index contributed by atoms with van der Waals surface area (Å²) in [6.45, 7) is 4.18. The molecule has 0 radical (unpaired) electrons. The molecule has 0 amide bonds. The van der Waals surface area contributed by atoms with Gasteiger partial charge in [-0.1, -0.05) is 0 Å². The van der Waals surface area contributed by atoms with Gasteiger partial charge >= 0.3 is 33.5 Å².